The Balaban J connectivity index is 2.17. The zero-order valence-electron chi connectivity index (χ0n) is 10.8. The standard InChI is InChI=1S/C13H24N2O/c1-12(2,3)11(16)15-10-4-5-13(15)6-8-14-9-7-13/h14H,4-10H2,1-3H3. The van der Waals surface area contributed by atoms with Gasteiger partial charge in [0.05, 0.1) is 0 Å². The van der Waals surface area contributed by atoms with E-state index in [1.165, 1.54) is 12.8 Å². The number of piperidine rings is 1. The predicted octanol–water partition coefficient (Wildman–Crippen LogP) is 1.78. The maximum Gasteiger partial charge on any atom is 0.228 e. The quantitative estimate of drug-likeness (QED) is 0.680. The molecule has 2 heterocycles. The van der Waals surface area contributed by atoms with Gasteiger partial charge in [-0.05, 0) is 38.8 Å². The maximum absolute atomic E-state index is 12.4. The molecule has 16 heavy (non-hydrogen) atoms. The van der Waals surface area contributed by atoms with Crippen molar-refractivity contribution in [2.45, 2.75) is 52.0 Å². The van der Waals surface area contributed by atoms with E-state index in [-0.39, 0.29) is 11.0 Å². The highest BCUT2D eigenvalue weighted by molar-refractivity contribution is 5.82. The fourth-order valence-electron chi connectivity index (χ4n) is 3.07. The highest BCUT2D eigenvalue weighted by atomic mass is 16.2. The fraction of sp³-hybridized carbons (Fsp3) is 0.923. The third-order valence-electron chi connectivity index (χ3n) is 4.02. The minimum Gasteiger partial charge on any atom is -0.336 e. The summed E-state index contributed by atoms with van der Waals surface area (Å²) in [4.78, 5) is 14.6. The highest BCUT2D eigenvalue weighted by Gasteiger charge is 2.46. The largest absolute Gasteiger partial charge is 0.336 e. The number of likely N-dealkylation sites (tertiary alicyclic amines) is 1. The van der Waals surface area contributed by atoms with Crippen molar-refractivity contribution in [1.82, 2.24) is 10.2 Å². The Kier molecular flexibility index (Phi) is 2.99. The van der Waals surface area contributed by atoms with Gasteiger partial charge in [-0.3, -0.25) is 4.79 Å². The number of rotatable bonds is 0. The van der Waals surface area contributed by atoms with Crippen LogP contribution in [0.15, 0.2) is 0 Å². The molecule has 0 bridgehead atoms. The van der Waals surface area contributed by atoms with Crippen molar-refractivity contribution in [3.63, 3.8) is 0 Å². The molecule has 2 fully saturated rings. The molecule has 0 radical (unpaired) electrons. The van der Waals surface area contributed by atoms with Crippen molar-refractivity contribution in [2.75, 3.05) is 19.6 Å². The second kappa shape index (κ2) is 4.02. The molecule has 92 valence electrons. The zero-order valence-corrected chi connectivity index (χ0v) is 10.8. The SMILES string of the molecule is CC(C)(C)C(=O)N1CCCC12CCNCC2. The van der Waals surface area contributed by atoms with Gasteiger partial charge >= 0.3 is 0 Å². The van der Waals surface area contributed by atoms with Crippen molar-refractivity contribution < 1.29 is 4.79 Å². The molecule has 1 N–H and O–H groups in total. The van der Waals surface area contributed by atoms with Gasteiger partial charge in [0.15, 0.2) is 0 Å². The second-order valence-electron chi connectivity index (χ2n) is 6.28. The van der Waals surface area contributed by atoms with E-state index in [0.29, 0.717) is 5.91 Å². The van der Waals surface area contributed by atoms with Crippen LogP contribution < -0.4 is 5.32 Å². The van der Waals surface area contributed by atoms with E-state index < -0.39 is 0 Å². The third kappa shape index (κ3) is 1.97. The van der Waals surface area contributed by atoms with Gasteiger partial charge in [0.2, 0.25) is 5.91 Å². The van der Waals surface area contributed by atoms with Gasteiger partial charge in [-0.1, -0.05) is 20.8 Å². The Bertz CT molecular complexity index is 274. The fourth-order valence-corrected chi connectivity index (χ4v) is 3.07. The molecule has 1 spiro atoms. The number of carbonyl (C=O) groups is 1. The van der Waals surface area contributed by atoms with Crippen molar-refractivity contribution in [3.8, 4) is 0 Å². The lowest BCUT2D eigenvalue weighted by Crippen LogP contribution is -2.55. The Morgan fingerprint density at radius 3 is 2.38 bits per heavy atom. The van der Waals surface area contributed by atoms with E-state index in [4.69, 9.17) is 0 Å². The molecule has 3 nitrogen and oxygen atoms in total. The van der Waals surface area contributed by atoms with E-state index in [1.807, 2.05) is 20.8 Å². The van der Waals surface area contributed by atoms with Gasteiger partial charge in [-0.2, -0.15) is 0 Å². The summed E-state index contributed by atoms with van der Waals surface area (Å²) in [6, 6.07) is 0. The van der Waals surface area contributed by atoms with Gasteiger partial charge in [-0.25, -0.2) is 0 Å². The van der Waals surface area contributed by atoms with Gasteiger partial charge in [0, 0.05) is 17.5 Å². The second-order valence-corrected chi connectivity index (χ2v) is 6.28. The first kappa shape index (κ1) is 11.9. The first-order valence-corrected chi connectivity index (χ1v) is 6.49. The van der Waals surface area contributed by atoms with Gasteiger partial charge < -0.3 is 10.2 Å². The minimum atomic E-state index is -0.234. The molecule has 0 aromatic heterocycles. The van der Waals surface area contributed by atoms with E-state index in [1.54, 1.807) is 0 Å². The lowest BCUT2D eigenvalue weighted by Gasteiger charge is -2.44. The van der Waals surface area contributed by atoms with E-state index in [0.717, 1.165) is 32.5 Å². The molecular formula is C13H24N2O. The van der Waals surface area contributed by atoms with Crippen molar-refractivity contribution >= 4 is 5.91 Å². The molecule has 2 aliphatic heterocycles. The summed E-state index contributed by atoms with van der Waals surface area (Å²) in [5.74, 6) is 0.340. The molecular weight excluding hydrogens is 200 g/mol. The van der Waals surface area contributed by atoms with E-state index >= 15 is 0 Å². The molecule has 1 amide bonds. The molecule has 3 heteroatoms. The highest BCUT2D eigenvalue weighted by Crippen LogP contribution is 2.39. The van der Waals surface area contributed by atoms with Crippen LogP contribution in [-0.2, 0) is 4.79 Å². The first-order chi connectivity index (χ1) is 7.46. The Labute approximate surface area is 98.6 Å². The third-order valence-corrected chi connectivity index (χ3v) is 4.02. The molecule has 0 unspecified atom stereocenters. The molecule has 0 aromatic carbocycles. The summed E-state index contributed by atoms with van der Waals surface area (Å²) in [5, 5.41) is 3.40. The van der Waals surface area contributed by atoms with Crippen LogP contribution in [0.5, 0.6) is 0 Å². The number of nitrogens with one attached hydrogen (secondary N) is 1. The maximum atomic E-state index is 12.4. The summed E-state index contributed by atoms with van der Waals surface area (Å²) in [6.45, 7) is 9.19. The molecule has 2 rings (SSSR count). The van der Waals surface area contributed by atoms with Crippen LogP contribution in [0.3, 0.4) is 0 Å². The summed E-state index contributed by atoms with van der Waals surface area (Å²) in [7, 11) is 0. The van der Waals surface area contributed by atoms with Crippen LogP contribution in [0.2, 0.25) is 0 Å². The minimum absolute atomic E-state index is 0.190. The average molecular weight is 224 g/mol. The van der Waals surface area contributed by atoms with Crippen molar-refractivity contribution in [1.29, 1.82) is 0 Å². The van der Waals surface area contributed by atoms with E-state index in [9.17, 15) is 4.79 Å². The van der Waals surface area contributed by atoms with Crippen LogP contribution in [0.1, 0.15) is 46.5 Å². The van der Waals surface area contributed by atoms with E-state index in [2.05, 4.69) is 10.2 Å². The molecule has 0 saturated carbocycles. The topological polar surface area (TPSA) is 32.3 Å². The van der Waals surface area contributed by atoms with Gasteiger partial charge in [0.1, 0.15) is 0 Å². The molecule has 2 aliphatic rings. The van der Waals surface area contributed by atoms with Gasteiger partial charge in [0.25, 0.3) is 0 Å². The van der Waals surface area contributed by atoms with Crippen LogP contribution >= 0.6 is 0 Å². The summed E-state index contributed by atoms with van der Waals surface area (Å²) >= 11 is 0. The lowest BCUT2D eigenvalue weighted by atomic mass is 9.83. The van der Waals surface area contributed by atoms with Crippen LogP contribution in [0.25, 0.3) is 0 Å². The molecule has 0 atom stereocenters. The predicted molar refractivity (Wildman–Crippen MR) is 65.2 cm³/mol. The number of amides is 1. The summed E-state index contributed by atoms with van der Waals surface area (Å²) in [6.07, 6.45) is 4.65. The smallest absolute Gasteiger partial charge is 0.228 e. The van der Waals surface area contributed by atoms with Crippen molar-refractivity contribution in [3.05, 3.63) is 0 Å². The number of hydrogen-bond donors (Lipinski definition) is 1. The number of hydrogen-bond acceptors (Lipinski definition) is 2. The van der Waals surface area contributed by atoms with Crippen LogP contribution in [-0.4, -0.2) is 36.0 Å². The van der Waals surface area contributed by atoms with Crippen molar-refractivity contribution in [2.24, 2.45) is 5.41 Å². The molecule has 0 aromatic rings. The lowest BCUT2D eigenvalue weighted by molar-refractivity contribution is -0.144. The number of nitrogens with zero attached hydrogens (tertiary/aromatic N) is 1. The normalized spacial score (nSPS) is 25.1. The van der Waals surface area contributed by atoms with Gasteiger partial charge in [-0.15, -0.1) is 0 Å². The Morgan fingerprint density at radius 2 is 1.81 bits per heavy atom. The Hall–Kier alpha value is -0.570. The molecule has 2 saturated heterocycles. The first-order valence-electron chi connectivity index (χ1n) is 6.49. The van der Waals surface area contributed by atoms with Crippen LogP contribution in [0.4, 0.5) is 0 Å². The summed E-state index contributed by atoms with van der Waals surface area (Å²) in [5.41, 5.74) is -0.0438. The summed E-state index contributed by atoms with van der Waals surface area (Å²) < 4.78 is 0. The van der Waals surface area contributed by atoms with Crippen LogP contribution in [0, 0.1) is 5.41 Å². The average Bonchev–Trinajstić information content (AvgIpc) is 2.60. The monoisotopic (exact) mass is 224 g/mol. The molecule has 0 aliphatic carbocycles. The Morgan fingerprint density at radius 1 is 1.19 bits per heavy atom. The zero-order chi connectivity index (χ0) is 11.8. The number of carbonyl (C=O) groups excluding carboxylic acids is 1.